The van der Waals surface area contributed by atoms with Crippen molar-refractivity contribution >= 4 is 5.97 Å². The van der Waals surface area contributed by atoms with E-state index in [1.165, 1.54) is 4.90 Å². The van der Waals surface area contributed by atoms with Crippen LogP contribution in [-0.4, -0.2) is 37.1 Å². The normalized spacial score (nSPS) is 8.92. The number of carbonyl (C=O) groups is 1. The summed E-state index contributed by atoms with van der Waals surface area (Å²) in [6, 6.07) is 3.73. The zero-order valence-electron chi connectivity index (χ0n) is 7.49. The summed E-state index contributed by atoms with van der Waals surface area (Å²) < 4.78 is 4.67. The summed E-state index contributed by atoms with van der Waals surface area (Å²) in [7, 11) is 0. The number of hydrogen-bond acceptors (Lipinski definition) is 5. The van der Waals surface area contributed by atoms with Gasteiger partial charge in [0.05, 0.1) is 38.4 Å². The first-order valence-electron chi connectivity index (χ1n) is 3.86. The number of esters is 1. The summed E-state index contributed by atoms with van der Waals surface area (Å²) in [4.78, 5) is 12.3. The summed E-state index contributed by atoms with van der Waals surface area (Å²) in [5, 5.41) is 16.7. The molecule has 0 aromatic carbocycles. The van der Waals surface area contributed by atoms with Crippen LogP contribution in [0.2, 0.25) is 0 Å². The number of ether oxygens (including phenoxy) is 1. The molecule has 0 saturated heterocycles. The maximum absolute atomic E-state index is 10.9. The van der Waals surface area contributed by atoms with Crippen molar-refractivity contribution < 1.29 is 9.53 Å². The summed E-state index contributed by atoms with van der Waals surface area (Å²) in [5.41, 5.74) is 0. The maximum Gasteiger partial charge on any atom is 0.320 e. The van der Waals surface area contributed by atoms with Gasteiger partial charge < -0.3 is 4.74 Å². The number of nitrogens with zero attached hydrogens (tertiary/aromatic N) is 3. The van der Waals surface area contributed by atoms with Crippen LogP contribution in [0.4, 0.5) is 0 Å². The third kappa shape index (κ3) is 5.66. The Bertz CT molecular complexity index is 223. The van der Waals surface area contributed by atoms with E-state index >= 15 is 0 Å². The Labute approximate surface area is 77.1 Å². The average molecular weight is 181 g/mol. The van der Waals surface area contributed by atoms with Gasteiger partial charge in [-0.1, -0.05) is 0 Å². The molecule has 5 nitrogen and oxygen atoms in total. The zero-order valence-corrected chi connectivity index (χ0v) is 7.49. The van der Waals surface area contributed by atoms with Crippen LogP contribution in [0.15, 0.2) is 0 Å². The second-order valence-electron chi connectivity index (χ2n) is 2.27. The number of carbonyl (C=O) groups excluding carboxylic acids is 1. The van der Waals surface area contributed by atoms with Gasteiger partial charge in [-0.25, -0.2) is 0 Å². The summed E-state index contributed by atoms with van der Waals surface area (Å²) in [5.74, 6) is -0.409. The minimum atomic E-state index is -0.409. The molecule has 0 radical (unpaired) electrons. The first-order valence-corrected chi connectivity index (χ1v) is 3.86. The number of rotatable bonds is 5. The fraction of sp³-hybridized carbons (Fsp3) is 0.625. The van der Waals surface area contributed by atoms with Gasteiger partial charge in [0.1, 0.15) is 0 Å². The lowest BCUT2D eigenvalue weighted by atomic mass is 10.4. The summed E-state index contributed by atoms with van der Waals surface area (Å²) in [6.45, 7) is 2.14. The van der Waals surface area contributed by atoms with Crippen LogP contribution < -0.4 is 0 Å². The van der Waals surface area contributed by atoms with Crippen LogP contribution in [0.1, 0.15) is 6.92 Å². The maximum atomic E-state index is 10.9. The van der Waals surface area contributed by atoms with Crippen LogP contribution in [0.5, 0.6) is 0 Å². The van der Waals surface area contributed by atoms with Gasteiger partial charge in [0, 0.05) is 0 Å². The first kappa shape index (κ1) is 11.4. The van der Waals surface area contributed by atoms with E-state index in [-0.39, 0.29) is 19.6 Å². The van der Waals surface area contributed by atoms with Gasteiger partial charge in [-0.3, -0.25) is 9.69 Å². The van der Waals surface area contributed by atoms with Crippen LogP contribution in [0, 0.1) is 22.7 Å². The van der Waals surface area contributed by atoms with Gasteiger partial charge in [0.25, 0.3) is 0 Å². The predicted molar refractivity (Wildman–Crippen MR) is 44.3 cm³/mol. The largest absolute Gasteiger partial charge is 0.465 e. The van der Waals surface area contributed by atoms with Crippen molar-refractivity contribution in [2.45, 2.75) is 6.92 Å². The van der Waals surface area contributed by atoms with Gasteiger partial charge in [-0.2, -0.15) is 10.5 Å². The smallest absolute Gasteiger partial charge is 0.320 e. The highest BCUT2D eigenvalue weighted by molar-refractivity contribution is 5.71. The molecule has 0 aromatic rings. The fourth-order valence-electron chi connectivity index (χ4n) is 0.757. The van der Waals surface area contributed by atoms with Crippen LogP contribution >= 0.6 is 0 Å². The van der Waals surface area contributed by atoms with Crippen molar-refractivity contribution in [3.63, 3.8) is 0 Å². The molecule has 0 bridgehead atoms. The Hall–Kier alpha value is -1.59. The van der Waals surface area contributed by atoms with E-state index in [9.17, 15) is 4.79 Å². The van der Waals surface area contributed by atoms with Crippen molar-refractivity contribution in [1.82, 2.24) is 4.90 Å². The van der Waals surface area contributed by atoms with E-state index in [1.807, 2.05) is 12.1 Å². The molecular weight excluding hydrogens is 170 g/mol. The molecule has 0 amide bonds. The van der Waals surface area contributed by atoms with Gasteiger partial charge in [0.15, 0.2) is 0 Å². The molecule has 0 unspecified atom stereocenters. The van der Waals surface area contributed by atoms with E-state index < -0.39 is 5.97 Å². The van der Waals surface area contributed by atoms with E-state index in [1.54, 1.807) is 6.92 Å². The van der Waals surface area contributed by atoms with Crippen molar-refractivity contribution in [2.75, 3.05) is 26.2 Å². The SMILES string of the molecule is CCOC(=O)CN(CC#N)CC#N. The molecule has 0 fully saturated rings. The summed E-state index contributed by atoms with van der Waals surface area (Å²) >= 11 is 0. The molecule has 0 aliphatic carbocycles. The second kappa shape index (κ2) is 7.08. The van der Waals surface area contributed by atoms with Crippen LogP contribution in [0.3, 0.4) is 0 Å². The van der Waals surface area contributed by atoms with E-state index in [0.29, 0.717) is 6.61 Å². The molecule has 13 heavy (non-hydrogen) atoms. The predicted octanol–water partition coefficient (Wildman–Crippen LogP) is -0.101. The van der Waals surface area contributed by atoms with Gasteiger partial charge in [-0.15, -0.1) is 0 Å². The fourth-order valence-corrected chi connectivity index (χ4v) is 0.757. The standard InChI is InChI=1S/C8H11N3O2/c1-2-13-8(12)7-11(5-3-9)6-4-10/h2,5-7H2,1H3. The van der Waals surface area contributed by atoms with Crippen molar-refractivity contribution in [2.24, 2.45) is 0 Å². The lowest BCUT2D eigenvalue weighted by molar-refractivity contribution is -0.144. The molecule has 5 heteroatoms. The Balaban J connectivity index is 3.89. The van der Waals surface area contributed by atoms with Gasteiger partial charge in [0.2, 0.25) is 0 Å². The lowest BCUT2D eigenvalue weighted by Crippen LogP contribution is -2.31. The molecule has 0 atom stereocenters. The highest BCUT2D eigenvalue weighted by Crippen LogP contribution is 1.88. The number of hydrogen-bond donors (Lipinski definition) is 0. The molecule has 0 saturated carbocycles. The molecule has 0 N–H and O–H groups in total. The minimum absolute atomic E-state index is 0.00500. The molecule has 0 spiro atoms. The van der Waals surface area contributed by atoms with Crippen molar-refractivity contribution in [1.29, 1.82) is 10.5 Å². The highest BCUT2D eigenvalue weighted by atomic mass is 16.5. The van der Waals surface area contributed by atoms with Gasteiger partial charge in [-0.05, 0) is 6.92 Å². The van der Waals surface area contributed by atoms with Gasteiger partial charge >= 0.3 is 5.97 Å². The lowest BCUT2D eigenvalue weighted by Gasteiger charge is -2.13. The quantitative estimate of drug-likeness (QED) is 0.437. The molecule has 0 aliphatic heterocycles. The third-order valence-electron chi connectivity index (χ3n) is 1.25. The third-order valence-corrected chi connectivity index (χ3v) is 1.25. The molecule has 0 aromatic heterocycles. The van der Waals surface area contributed by atoms with Crippen molar-refractivity contribution in [3.05, 3.63) is 0 Å². The highest BCUT2D eigenvalue weighted by Gasteiger charge is 2.09. The molecule has 0 aliphatic rings. The Morgan fingerprint density at radius 3 is 2.31 bits per heavy atom. The zero-order chi connectivity index (χ0) is 10.1. The van der Waals surface area contributed by atoms with E-state index in [2.05, 4.69) is 4.74 Å². The average Bonchev–Trinajstić information content (AvgIpc) is 2.05. The number of nitriles is 2. The molecule has 0 heterocycles. The Kier molecular flexibility index (Phi) is 6.21. The Morgan fingerprint density at radius 2 is 1.92 bits per heavy atom. The monoisotopic (exact) mass is 181 g/mol. The minimum Gasteiger partial charge on any atom is -0.465 e. The molecule has 70 valence electrons. The van der Waals surface area contributed by atoms with E-state index in [0.717, 1.165) is 0 Å². The molecular formula is C8H11N3O2. The molecule has 0 rings (SSSR count). The first-order chi connectivity index (χ1) is 6.24. The topological polar surface area (TPSA) is 77.1 Å². The summed E-state index contributed by atoms with van der Waals surface area (Å²) in [6.07, 6.45) is 0. The Morgan fingerprint density at radius 1 is 1.38 bits per heavy atom. The second-order valence-corrected chi connectivity index (χ2v) is 2.27. The van der Waals surface area contributed by atoms with E-state index in [4.69, 9.17) is 10.5 Å². The van der Waals surface area contributed by atoms with Crippen molar-refractivity contribution in [3.8, 4) is 12.1 Å². The van der Waals surface area contributed by atoms with Crippen LogP contribution in [-0.2, 0) is 9.53 Å². The van der Waals surface area contributed by atoms with Crippen LogP contribution in [0.25, 0.3) is 0 Å².